The van der Waals surface area contributed by atoms with Crippen LogP contribution in [0.1, 0.15) is 25.0 Å². The summed E-state index contributed by atoms with van der Waals surface area (Å²) in [5, 5.41) is 17.9. The van der Waals surface area contributed by atoms with E-state index < -0.39 is 10.5 Å². The SMILES string of the molecule is CC(C)(C(=O)NCc1ccccc1-c1ccc(Cn2ccnc2)cc1)n1cc([N+](=O)[O-])cn1. The van der Waals surface area contributed by atoms with E-state index in [-0.39, 0.29) is 11.6 Å². The van der Waals surface area contributed by atoms with Crippen molar-refractivity contribution in [2.75, 3.05) is 0 Å². The Bertz CT molecular complexity index is 1260. The molecule has 0 aliphatic carbocycles. The van der Waals surface area contributed by atoms with Crippen molar-refractivity contribution in [2.24, 2.45) is 0 Å². The molecule has 0 fully saturated rings. The largest absolute Gasteiger partial charge is 0.350 e. The number of aromatic nitrogens is 4. The predicted octanol–water partition coefficient (Wildman–Crippen LogP) is 3.75. The molecule has 9 heteroatoms. The molecule has 0 aliphatic heterocycles. The third-order valence-corrected chi connectivity index (χ3v) is 5.55. The zero-order chi connectivity index (χ0) is 23.4. The van der Waals surface area contributed by atoms with Crippen LogP contribution in [0.5, 0.6) is 0 Å². The molecule has 33 heavy (non-hydrogen) atoms. The number of nitrogens with one attached hydrogen (secondary N) is 1. The van der Waals surface area contributed by atoms with Gasteiger partial charge in [-0.15, -0.1) is 0 Å². The highest BCUT2D eigenvalue weighted by Crippen LogP contribution is 2.25. The highest BCUT2D eigenvalue weighted by Gasteiger charge is 2.32. The Hall–Kier alpha value is -4.27. The van der Waals surface area contributed by atoms with E-state index in [1.54, 1.807) is 26.4 Å². The van der Waals surface area contributed by atoms with Gasteiger partial charge in [0.1, 0.15) is 17.9 Å². The molecule has 2 heterocycles. The van der Waals surface area contributed by atoms with Crippen molar-refractivity contribution in [1.29, 1.82) is 0 Å². The first-order chi connectivity index (χ1) is 15.8. The zero-order valence-electron chi connectivity index (χ0n) is 18.4. The fourth-order valence-corrected chi connectivity index (χ4v) is 3.55. The lowest BCUT2D eigenvalue weighted by molar-refractivity contribution is -0.385. The van der Waals surface area contributed by atoms with Crippen LogP contribution in [0.4, 0.5) is 5.69 Å². The molecule has 0 saturated heterocycles. The number of benzene rings is 2. The summed E-state index contributed by atoms with van der Waals surface area (Å²) in [5.41, 5.74) is 2.97. The number of carbonyl (C=O) groups is 1. The van der Waals surface area contributed by atoms with E-state index in [0.29, 0.717) is 6.54 Å². The maximum absolute atomic E-state index is 12.9. The van der Waals surface area contributed by atoms with E-state index in [2.05, 4.69) is 39.7 Å². The van der Waals surface area contributed by atoms with Crippen LogP contribution in [-0.2, 0) is 23.4 Å². The molecule has 0 bridgehead atoms. The monoisotopic (exact) mass is 444 g/mol. The van der Waals surface area contributed by atoms with Crippen molar-refractivity contribution < 1.29 is 9.72 Å². The normalized spacial score (nSPS) is 11.3. The Labute approximate surface area is 190 Å². The van der Waals surface area contributed by atoms with Crippen LogP contribution in [0.2, 0.25) is 0 Å². The van der Waals surface area contributed by atoms with Gasteiger partial charge in [0.25, 0.3) is 0 Å². The summed E-state index contributed by atoms with van der Waals surface area (Å²) in [4.78, 5) is 27.4. The number of nitrogens with zero attached hydrogens (tertiary/aromatic N) is 5. The summed E-state index contributed by atoms with van der Waals surface area (Å²) in [6.07, 6.45) is 7.87. The standard InChI is InChI=1S/C24H24N6O3/c1-24(2,29-16-21(14-27-29)30(32)33)23(31)26-13-20-5-3-4-6-22(20)19-9-7-18(8-10-19)15-28-12-11-25-17-28/h3-12,14,16-17H,13,15H2,1-2H3,(H,26,31). The van der Waals surface area contributed by atoms with Gasteiger partial charge >= 0.3 is 5.69 Å². The number of carbonyl (C=O) groups excluding carboxylic acids is 1. The highest BCUT2D eigenvalue weighted by molar-refractivity contribution is 5.83. The molecule has 168 valence electrons. The topological polar surface area (TPSA) is 108 Å². The summed E-state index contributed by atoms with van der Waals surface area (Å²) in [6.45, 7) is 4.41. The molecule has 1 N–H and O–H groups in total. The number of hydrogen-bond donors (Lipinski definition) is 1. The third kappa shape index (κ3) is 4.82. The smallest absolute Gasteiger partial charge is 0.307 e. The number of rotatable bonds is 8. The molecular weight excluding hydrogens is 420 g/mol. The third-order valence-electron chi connectivity index (χ3n) is 5.55. The van der Waals surface area contributed by atoms with Crippen LogP contribution < -0.4 is 5.32 Å². The first kappa shape index (κ1) is 21.9. The van der Waals surface area contributed by atoms with Crippen LogP contribution in [0.25, 0.3) is 11.1 Å². The summed E-state index contributed by atoms with van der Waals surface area (Å²) >= 11 is 0. The van der Waals surface area contributed by atoms with Crippen molar-refractivity contribution >= 4 is 11.6 Å². The van der Waals surface area contributed by atoms with E-state index in [9.17, 15) is 14.9 Å². The van der Waals surface area contributed by atoms with Gasteiger partial charge in [0.15, 0.2) is 0 Å². The lowest BCUT2D eigenvalue weighted by Crippen LogP contribution is -2.44. The van der Waals surface area contributed by atoms with E-state index in [0.717, 1.165) is 35.0 Å². The van der Waals surface area contributed by atoms with Crippen LogP contribution in [0.3, 0.4) is 0 Å². The minimum atomic E-state index is -1.09. The van der Waals surface area contributed by atoms with Gasteiger partial charge in [-0.1, -0.05) is 48.5 Å². The molecule has 0 atom stereocenters. The van der Waals surface area contributed by atoms with Gasteiger partial charge in [0.05, 0.1) is 11.3 Å². The second-order valence-electron chi connectivity index (χ2n) is 8.23. The average Bonchev–Trinajstić information content (AvgIpc) is 3.51. The molecule has 4 aromatic rings. The number of imidazole rings is 1. The van der Waals surface area contributed by atoms with Gasteiger partial charge in [-0.05, 0) is 36.1 Å². The van der Waals surface area contributed by atoms with Crippen LogP contribution >= 0.6 is 0 Å². The number of hydrogen-bond acceptors (Lipinski definition) is 5. The molecule has 2 aromatic heterocycles. The molecule has 0 aliphatic rings. The van der Waals surface area contributed by atoms with Crippen LogP contribution in [-0.4, -0.2) is 30.2 Å². The first-order valence-corrected chi connectivity index (χ1v) is 10.5. The van der Waals surface area contributed by atoms with Crippen molar-refractivity contribution in [3.05, 3.63) is 101 Å². The molecule has 4 rings (SSSR count). The molecular formula is C24H24N6O3. The van der Waals surface area contributed by atoms with Crippen LogP contribution in [0.15, 0.2) is 79.6 Å². The number of amides is 1. The second kappa shape index (κ2) is 9.07. The first-order valence-electron chi connectivity index (χ1n) is 10.5. The predicted molar refractivity (Wildman–Crippen MR) is 123 cm³/mol. The van der Waals surface area contributed by atoms with Gasteiger partial charge < -0.3 is 9.88 Å². The molecule has 1 amide bonds. The number of nitro groups is 1. The Morgan fingerprint density at radius 2 is 1.91 bits per heavy atom. The van der Waals surface area contributed by atoms with E-state index in [1.807, 2.05) is 35.0 Å². The molecule has 0 spiro atoms. The van der Waals surface area contributed by atoms with Gasteiger partial charge in [0, 0.05) is 25.5 Å². The Morgan fingerprint density at radius 1 is 1.15 bits per heavy atom. The lowest BCUT2D eigenvalue weighted by atomic mass is 9.98. The summed E-state index contributed by atoms with van der Waals surface area (Å²) < 4.78 is 3.32. The van der Waals surface area contributed by atoms with Gasteiger partial charge in [-0.3, -0.25) is 19.6 Å². The molecule has 0 unspecified atom stereocenters. The molecule has 9 nitrogen and oxygen atoms in total. The fourth-order valence-electron chi connectivity index (χ4n) is 3.55. The Kier molecular flexibility index (Phi) is 6.03. The quantitative estimate of drug-likeness (QED) is 0.329. The van der Waals surface area contributed by atoms with Crippen molar-refractivity contribution in [1.82, 2.24) is 24.6 Å². The molecule has 2 aromatic carbocycles. The van der Waals surface area contributed by atoms with Crippen molar-refractivity contribution in [3.63, 3.8) is 0 Å². The fraction of sp³-hybridized carbons (Fsp3) is 0.208. The minimum Gasteiger partial charge on any atom is -0.350 e. The average molecular weight is 444 g/mol. The van der Waals surface area contributed by atoms with Crippen LogP contribution in [0, 0.1) is 10.1 Å². The van der Waals surface area contributed by atoms with Gasteiger partial charge in [0.2, 0.25) is 5.91 Å². The maximum Gasteiger partial charge on any atom is 0.307 e. The van der Waals surface area contributed by atoms with E-state index >= 15 is 0 Å². The molecule has 0 saturated carbocycles. The van der Waals surface area contributed by atoms with Gasteiger partial charge in [-0.2, -0.15) is 5.10 Å². The Balaban J connectivity index is 1.47. The van der Waals surface area contributed by atoms with Gasteiger partial charge in [-0.25, -0.2) is 4.98 Å². The van der Waals surface area contributed by atoms with E-state index in [1.165, 1.54) is 10.9 Å². The maximum atomic E-state index is 12.9. The second-order valence-corrected chi connectivity index (χ2v) is 8.23. The summed E-state index contributed by atoms with van der Waals surface area (Å²) in [5.74, 6) is -0.286. The summed E-state index contributed by atoms with van der Waals surface area (Å²) in [7, 11) is 0. The zero-order valence-corrected chi connectivity index (χ0v) is 18.4. The minimum absolute atomic E-state index is 0.155. The molecule has 0 radical (unpaired) electrons. The van der Waals surface area contributed by atoms with Crippen molar-refractivity contribution in [2.45, 2.75) is 32.5 Å². The van der Waals surface area contributed by atoms with Crippen molar-refractivity contribution in [3.8, 4) is 11.1 Å². The lowest BCUT2D eigenvalue weighted by Gasteiger charge is -2.24. The summed E-state index contributed by atoms with van der Waals surface area (Å²) in [6, 6.07) is 16.2. The highest BCUT2D eigenvalue weighted by atomic mass is 16.6. The Morgan fingerprint density at radius 3 is 2.58 bits per heavy atom. The van der Waals surface area contributed by atoms with E-state index in [4.69, 9.17) is 0 Å².